The number of halogens is 2. The Labute approximate surface area is 194 Å². The molecular weight excluding hydrogens is 431 g/mol. The summed E-state index contributed by atoms with van der Waals surface area (Å²) >= 11 is 6.01. The van der Waals surface area contributed by atoms with E-state index in [2.05, 4.69) is 4.90 Å². The van der Waals surface area contributed by atoms with Gasteiger partial charge in [0.15, 0.2) is 0 Å². The Kier molecular flexibility index (Phi) is 9.48. The highest BCUT2D eigenvalue weighted by Crippen LogP contribution is 2.27. The van der Waals surface area contributed by atoms with Gasteiger partial charge in [-0.15, -0.1) is 0 Å². The van der Waals surface area contributed by atoms with Crippen LogP contribution in [0.5, 0.6) is 0 Å². The summed E-state index contributed by atoms with van der Waals surface area (Å²) in [5.74, 6) is -0.716. The minimum Gasteiger partial charge on any atom is -0.466 e. The Morgan fingerprint density at radius 1 is 1.22 bits per heavy atom. The molecule has 1 aliphatic heterocycles. The second kappa shape index (κ2) is 12.3. The third kappa shape index (κ3) is 7.27. The van der Waals surface area contributed by atoms with Gasteiger partial charge in [-0.1, -0.05) is 35.9 Å². The van der Waals surface area contributed by atoms with E-state index in [1.807, 2.05) is 31.2 Å². The predicted molar refractivity (Wildman–Crippen MR) is 125 cm³/mol. The Bertz CT molecular complexity index is 872. The Balaban J connectivity index is 1.58. The quantitative estimate of drug-likeness (QED) is 0.533. The summed E-state index contributed by atoms with van der Waals surface area (Å²) < 4.78 is 24.8. The summed E-state index contributed by atoms with van der Waals surface area (Å²) in [6.45, 7) is 6.27. The lowest BCUT2D eigenvalue weighted by atomic mass is 9.92. The number of hydrogen-bond donors (Lipinski definition) is 1. The number of esters is 1. The first kappa shape index (κ1) is 24.6. The molecule has 0 unspecified atom stereocenters. The number of nitrogens with zero attached hydrogens (tertiary/aromatic N) is 1. The summed E-state index contributed by atoms with van der Waals surface area (Å²) in [7, 11) is 0. The second-order valence-electron chi connectivity index (χ2n) is 8.21. The lowest BCUT2D eigenvalue weighted by Gasteiger charge is -2.28. The minimum atomic E-state index is -0.309. The maximum absolute atomic E-state index is 14.1. The molecule has 2 aromatic carbocycles. The van der Waals surface area contributed by atoms with Crippen LogP contribution in [0.15, 0.2) is 42.5 Å². The van der Waals surface area contributed by atoms with Gasteiger partial charge in [0.2, 0.25) is 0 Å². The van der Waals surface area contributed by atoms with Gasteiger partial charge in [0.05, 0.1) is 25.7 Å². The molecule has 0 aromatic heterocycles. The highest BCUT2D eigenvalue weighted by molar-refractivity contribution is 6.30. The number of morpholine rings is 1. The van der Waals surface area contributed by atoms with Crippen LogP contribution in [0.2, 0.25) is 5.02 Å². The van der Waals surface area contributed by atoms with Crippen molar-refractivity contribution in [3.63, 3.8) is 0 Å². The molecule has 0 bridgehead atoms. The lowest BCUT2D eigenvalue weighted by molar-refractivity contribution is -0.148. The van der Waals surface area contributed by atoms with Crippen LogP contribution >= 0.6 is 11.6 Å². The molecule has 1 saturated heterocycles. The highest BCUT2D eigenvalue weighted by atomic mass is 35.5. The molecule has 3 rings (SSSR count). The largest absolute Gasteiger partial charge is 0.466 e. The third-order valence-corrected chi connectivity index (χ3v) is 6.03. The number of carbonyl (C=O) groups is 1. The number of ether oxygens (including phenoxy) is 2. The van der Waals surface area contributed by atoms with Crippen molar-refractivity contribution in [1.29, 1.82) is 0 Å². The zero-order valence-corrected chi connectivity index (χ0v) is 19.3. The van der Waals surface area contributed by atoms with Gasteiger partial charge in [-0.2, -0.15) is 0 Å². The molecule has 2 atom stereocenters. The van der Waals surface area contributed by atoms with Gasteiger partial charge in [0.25, 0.3) is 0 Å². The van der Waals surface area contributed by atoms with Crippen molar-refractivity contribution in [3.05, 3.63) is 58.9 Å². The van der Waals surface area contributed by atoms with E-state index in [1.165, 1.54) is 12.1 Å². The fourth-order valence-corrected chi connectivity index (χ4v) is 4.22. The average Bonchev–Trinajstić information content (AvgIpc) is 2.79. The first-order valence-corrected chi connectivity index (χ1v) is 11.6. The van der Waals surface area contributed by atoms with E-state index in [-0.39, 0.29) is 23.7 Å². The molecule has 0 aliphatic carbocycles. The second-order valence-corrected chi connectivity index (χ2v) is 8.65. The monoisotopic (exact) mass is 462 g/mol. The van der Waals surface area contributed by atoms with Crippen LogP contribution in [-0.2, 0) is 20.7 Å². The van der Waals surface area contributed by atoms with Crippen molar-refractivity contribution >= 4 is 17.6 Å². The Morgan fingerprint density at radius 2 is 1.94 bits per heavy atom. The van der Waals surface area contributed by atoms with Gasteiger partial charge in [-0.25, -0.2) is 4.39 Å². The molecule has 0 radical (unpaired) electrons. The fraction of sp³-hybridized carbons (Fsp3) is 0.480. The van der Waals surface area contributed by atoms with E-state index in [0.717, 1.165) is 50.4 Å². The molecular formula is C25H32ClFN2O3. The van der Waals surface area contributed by atoms with Crippen LogP contribution in [0.3, 0.4) is 0 Å². The molecule has 2 aromatic rings. The van der Waals surface area contributed by atoms with E-state index >= 15 is 0 Å². The van der Waals surface area contributed by atoms with Gasteiger partial charge in [0.1, 0.15) is 5.82 Å². The smallest absolute Gasteiger partial charge is 0.309 e. The summed E-state index contributed by atoms with van der Waals surface area (Å²) in [5, 5.41) is 0.495. The van der Waals surface area contributed by atoms with Crippen LogP contribution in [0.1, 0.15) is 25.3 Å². The van der Waals surface area contributed by atoms with E-state index in [0.29, 0.717) is 30.0 Å². The molecule has 2 N–H and O–H groups in total. The first-order valence-electron chi connectivity index (χ1n) is 11.2. The molecule has 5 nitrogen and oxygen atoms in total. The topological polar surface area (TPSA) is 64.8 Å². The maximum Gasteiger partial charge on any atom is 0.309 e. The van der Waals surface area contributed by atoms with Crippen molar-refractivity contribution in [2.75, 3.05) is 39.5 Å². The van der Waals surface area contributed by atoms with Crippen molar-refractivity contribution in [3.8, 4) is 11.1 Å². The number of carbonyl (C=O) groups excluding carboxylic acids is 1. The zero-order valence-electron chi connectivity index (χ0n) is 18.6. The Hall–Kier alpha value is -1.99. The van der Waals surface area contributed by atoms with Crippen LogP contribution in [-0.4, -0.2) is 56.4 Å². The molecule has 0 spiro atoms. The van der Waals surface area contributed by atoms with E-state index in [9.17, 15) is 9.18 Å². The molecule has 32 heavy (non-hydrogen) atoms. The normalized spacial score (nSPS) is 16.5. The first-order chi connectivity index (χ1) is 15.5. The van der Waals surface area contributed by atoms with E-state index < -0.39 is 0 Å². The minimum absolute atomic E-state index is 0.178. The van der Waals surface area contributed by atoms with Gasteiger partial charge in [-0.3, -0.25) is 9.69 Å². The van der Waals surface area contributed by atoms with Crippen LogP contribution in [0.25, 0.3) is 11.1 Å². The predicted octanol–water partition coefficient (Wildman–Crippen LogP) is 4.31. The van der Waals surface area contributed by atoms with Gasteiger partial charge >= 0.3 is 5.97 Å². The lowest BCUT2D eigenvalue weighted by Crippen LogP contribution is -2.39. The van der Waals surface area contributed by atoms with Crippen molar-refractivity contribution in [2.24, 2.45) is 11.7 Å². The summed E-state index contributed by atoms with van der Waals surface area (Å²) in [4.78, 5) is 14.8. The molecule has 7 heteroatoms. The fourth-order valence-electron chi connectivity index (χ4n) is 4.05. The standard InChI is InChI=1S/C25H32ClFN2O3/c1-2-32-25(30)20(9-10-29-11-13-31-14-12-29)16-22(28)15-18-3-5-19(6-4-18)23-17-21(26)7-8-24(23)27/h3-8,17,20,22H,2,9-16,28H2,1H3/t20-,22-/m1/s1. The summed E-state index contributed by atoms with van der Waals surface area (Å²) in [6.07, 6.45) is 1.92. The van der Waals surface area contributed by atoms with Crippen LogP contribution in [0, 0.1) is 11.7 Å². The van der Waals surface area contributed by atoms with Crippen LogP contribution in [0.4, 0.5) is 4.39 Å². The van der Waals surface area contributed by atoms with Gasteiger partial charge in [-0.05, 0) is 62.1 Å². The number of hydrogen-bond acceptors (Lipinski definition) is 5. The molecule has 0 amide bonds. The van der Waals surface area contributed by atoms with Gasteiger partial charge in [0, 0.05) is 29.7 Å². The molecule has 0 saturated carbocycles. The van der Waals surface area contributed by atoms with Crippen molar-refractivity contribution in [1.82, 2.24) is 4.90 Å². The van der Waals surface area contributed by atoms with Crippen LogP contribution < -0.4 is 5.73 Å². The molecule has 1 fully saturated rings. The number of benzene rings is 2. The number of rotatable bonds is 10. The maximum atomic E-state index is 14.1. The summed E-state index contributed by atoms with van der Waals surface area (Å²) in [6, 6.07) is 12.0. The van der Waals surface area contributed by atoms with Crippen molar-refractivity contribution < 1.29 is 18.7 Å². The summed E-state index contributed by atoms with van der Waals surface area (Å²) in [5.41, 5.74) is 8.70. The molecule has 1 heterocycles. The average molecular weight is 463 g/mol. The van der Waals surface area contributed by atoms with Gasteiger partial charge < -0.3 is 15.2 Å². The number of nitrogens with two attached hydrogens (primary N) is 1. The van der Waals surface area contributed by atoms with E-state index in [1.54, 1.807) is 6.07 Å². The molecule has 174 valence electrons. The van der Waals surface area contributed by atoms with E-state index in [4.69, 9.17) is 26.8 Å². The third-order valence-electron chi connectivity index (χ3n) is 5.80. The van der Waals surface area contributed by atoms with Crippen molar-refractivity contribution in [2.45, 2.75) is 32.2 Å². The highest BCUT2D eigenvalue weighted by Gasteiger charge is 2.24. The Morgan fingerprint density at radius 3 is 2.62 bits per heavy atom. The zero-order chi connectivity index (χ0) is 22.9. The SMILES string of the molecule is CCOC(=O)[C@H](CCN1CCOCC1)C[C@H](N)Cc1ccc(-c2cc(Cl)ccc2F)cc1. The molecule has 1 aliphatic rings.